The molecule has 1 N–H and O–H groups in total. The summed E-state index contributed by atoms with van der Waals surface area (Å²) in [7, 11) is 0. The zero-order valence-electron chi connectivity index (χ0n) is 13.0. The van der Waals surface area contributed by atoms with Crippen LogP contribution in [-0.4, -0.2) is 26.6 Å². The van der Waals surface area contributed by atoms with Crippen LogP contribution < -0.4 is 10.1 Å². The van der Waals surface area contributed by atoms with Gasteiger partial charge in [0.25, 0.3) is 0 Å². The molecule has 6 nitrogen and oxygen atoms in total. The molecule has 1 aromatic heterocycles. The van der Waals surface area contributed by atoms with Gasteiger partial charge >= 0.3 is 6.36 Å². The summed E-state index contributed by atoms with van der Waals surface area (Å²) >= 11 is 5.85. The number of rotatable bonds is 5. The van der Waals surface area contributed by atoms with Crippen molar-refractivity contribution in [3.63, 3.8) is 0 Å². The van der Waals surface area contributed by atoms with Crippen LogP contribution in [0.25, 0.3) is 11.8 Å². The summed E-state index contributed by atoms with van der Waals surface area (Å²) in [5.41, 5.74) is 1.30. The number of nitrogens with zero attached hydrogens (tertiary/aromatic N) is 4. The van der Waals surface area contributed by atoms with E-state index in [-0.39, 0.29) is 5.75 Å². The molecule has 0 spiro atoms. The van der Waals surface area contributed by atoms with Gasteiger partial charge in [0.05, 0.1) is 5.69 Å². The number of nitrogens with one attached hydrogen (secondary N) is 1. The molecule has 3 rings (SSSR count). The lowest BCUT2D eigenvalue weighted by Gasteiger charge is -2.09. The smallest absolute Gasteiger partial charge is 0.406 e. The largest absolute Gasteiger partial charge is 0.573 e. The number of hydrogen-bond acceptors (Lipinski definition) is 5. The van der Waals surface area contributed by atoms with Gasteiger partial charge in [0.2, 0.25) is 0 Å². The van der Waals surface area contributed by atoms with Crippen LogP contribution in [0.15, 0.2) is 54.7 Å². The molecule has 2 aromatic carbocycles. The van der Waals surface area contributed by atoms with E-state index in [9.17, 15) is 13.2 Å². The molecule has 0 unspecified atom stereocenters. The van der Waals surface area contributed by atoms with Gasteiger partial charge in [-0.05, 0) is 59.0 Å². The fraction of sp³-hybridized carbons (Fsp3) is 0.0625. The molecule has 0 radical (unpaired) electrons. The monoisotopic (exact) mass is 381 g/mol. The topological polar surface area (TPSA) is 64.9 Å². The normalized spacial score (nSPS) is 11.7. The molecule has 0 aliphatic carbocycles. The van der Waals surface area contributed by atoms with E-state index in [1.807, 2.05) is 0 Å². The van der Waals surface area contributed by atoms with Crippen LogP contribution in [0.2, 0.25) is 5.02 Å². The fourth-order valence-corrected chi connectivity index (χ4v) is 2.16. The minimum Gasteiger partial charge on any atom is -0.406 e. The van der Waals surface area contributed by atoms with E-state index in [2.05, 4.69) is 25.6 Å². The molecule has 0 saturated carbocycles. The van der Waals surface area contributed by atoms with Crippen molar-refractivity contribution in [3.05, 3.63) is 65.6 Å². The van der Waals surface area contributed by atoms with Crippen molar-refractivity contribution in [2.45, 2.75) is 6.36 Å². The highest BCUT2D eigenvalue weighted by Crippen LogP contribution is 2.24. The lowest BCUT2D eigenvalue weighted by molar-refractivity contribution is -0.274. The Labute approximate surface area is 150 Å². The van der Waals surface area contributed by atoms with Crippen LogP contribution in [0.1, 0.15) is 5.82 Å². The van der Waals surface area contributed by atoms with E-state index < -0.39 is 6.36 Å². The summed E-state index contributed by atoms with van der Waals surface area (Å²) in [5.74, 6) is 0.163. The Hall–Kier alpha value is -3.07. The van der Waals surface area contributed by atoms with Crippen molar-refractivity contribution in [1.29, 1.82) is 0 Å². The summed E-state index contributed by atoms with van der Waals surface area (Å²) in [5, 5.41) is 14.9. The van der Waals surface area contributed by atoms with Gasteiger partial charge in [-0.15, -0.1) is 18.3 Å². The number of tetrazole rings is 1. The van der Waals surface area contributed by atoms with E-state index in [1.165, 1.54) is 28.9 Å². The van der Waals surface area contributed by atoms with Crippen LogP contribution in [0.4, 0.5) is 18.9 Å². The highest BCUT2D eigenvalue weighted by Gasteiger charge is 2.30. The molecule has 10 heteroatoms. The molecule has 0 aliphatic rings. The first-order valence-electron chi connectivity index (χ1n) is 7.24. The van der Waals surface area contributed by atoms with Gasteiger partial charge in [-0.3, -0.25) is 0 Å². The first-order valence-corrected chi connectivity index (χ1v) is 7.62. The Morgan fingerprint density at radius 3 is 2.38 bits per heavy atom. The van der Waals surface area contributed by atoms with Gasteiger partial charge in [-0.1, -0.05) is 11.6 Å². The quantitative estimate of drug-likeness (QED) is 0.714. The van der Waals surface area contributed by atoms with Crippen LogP contribution >= 0.6 is 11.6 Å². The molecule has 26 heavy (non-hydrogen) atoms. The zero-order valence-corrected chi connectivity index (χ0v) is 13.7. The molecule has 0 aliphatic heterocycles. The average molecular weight is 382 g/mol. The highest BCUT2D eigenvalue weighted by molar-refractivity contribution is 6.30. The van der Waals surface area contributed by atoms with Gasteiger partial charge in [0, 0.05) is 23.0 Å². The minimum absolute atomic E-state index is 0.293. The standard InChI is InChI=1S/C16H11ClF3N5O/c17-11-1-5-13(6-2-11)25-15(22-23-24-25)9-10-21-12-3-7-14(8-4-12)26-16(18,19)20/h1-10,21H. The predicted octanol–water partition coefficient (Wildman–Crippen LogP) is 4.30. The van der Waals surface area contributed by atoms with Crippen molar-refractivity contribution in [3.8, 4) is 11.4 Å². The van der Waals surface area contributed by atoms with Crippen LogP contribution in [0.5, 0.6) is 5.75 Å². The average Bonchev–Trinajstić information content (AvgIpc) is 3.04. The lowest BCUT2D eigenvalue weighted by atomic mass is 10.3. The van der Waals surface area contributed by atoms with Crippen molar-refractivity contribution >= 4 is 23.4 Å². The first-order chi connectivity index (χ1) is 12.4. The number of alkyl halides is 3. The number of anilines is 1. The van der Waals surface area contributed by atoms with E-state index in [1.54, 1.807) is 36.5 Å². The van der Waals surface area contributed by atoms with Crippen LogP contribution in [-0.2, 0) is 0 Å². The first kappa shape index (κ1) is 17.7. The second-order valence-corrected chi connectivity index (χ2v) is 5.41. The summed E-state index contributed by atoms with van der Waals surface area (Å²) < 4.78 is 41.7. The van der Waals surface area contributed by atoms with E-state index in [0.717, 1.165) is 5.69 Å². The second kappa shape index (κ2) is 7.44. The minimum atomic E-state index is -4.71. The molecule has 0 bridgehead atoms. The maximum absolute atomic E-state index is 12.1. The molecule has 1 heterocycles. The third-order valence-electron chi connectivity index (χ3n) is 3.14. The Kier molecular flexibility index (Phi) is 5.08. The summed E-state index contributed by atoms with van der Waals surface area (Å²) in [4.78, 5) is 0. The van der Waals surface area contributed by atoms with Crippen molar-refractivity contribution in [2.75, 3.05) is 5.32 Å². The number of hydrogen-bond donors (Lipinski definition) is 1. The Balaban J connectivity index is 1.66. The van der Waals surface area contributed by atoms with Crippen LogP contribution in [0.3, 0.4) is 0 Å². The second-order valence-electron chi connectivity index (χ2n) is 4.98. The van der Waals surface area contributed by atoms with Gasteiger partial charge in [-0.2, -0.15) is 4.68 Å². The third-order valence-corrected chi connectivity index (χ3v) is 3.39. The van der Waals surface area contributed by atoms with E-state index in [4.69, 9.17) is 11.6 Å². The Morgan fingerprint density at radius 1 is 1.04 bits per heavy atom. The van der Waals surface area contributed by atoms with Crippen molar-refractivity contribution in [2.24, 2.45) is 0 Å². The fourth-order valence-electron chi connectivity index (χ4n) is 2.03. The SMILES string of the molecule is FC(F)(F)Oc1ccc(NC=Cc2nnnn2-c2ccc(Cl)cc2)cc1. The van der Waals surface area contributed by atoms with Gasteiger partial charge < -0.3 is 10.1 Å². The van der Waals surface area contributed by atoms with Gasteiger partial charge in [-0.25, -0.2) is 0 Å². The number of ether oxygens (including phenoxy) is 1. The number of benzene rings is 2. The summed E-state index contributed by atoms with van der Waals surface area (Å²) in [6, 6.07) is 12.3. The summed E-state index contributed by atoms with van der Waals surface area (Å²) in [6.07, 6.45) is -1.53. The van der Waals surface area contributed by atoms with E-state index in [0.29, 0.717) is 16.5 Å². The van der Waals surface area contributed by atoms with Crippen LogP contribution in [0, 0.1) is 0 Å². The Morgan fingerprint density at radius 2 is 1.73 bits per heavy atom. The highest BCUT2D eigenvalue weighted by atomic mass is 35.5. The number of aromatic nitrogens is 4. The molecule has 3 aromatic rings. The third kappa shape index (κ3) is 4.73. The van der Waals surface area contributed by atoms with Gasteiger partial charge in [0.1, 0.15) is 5.75 Å². The maximum Gasteiger partial charge on any atom is 0.573 e. The van der Waals surface area contributed by atoms with Gasteiger partial charge in [0.15, 0.2) is 5.82 Å². The molecule has 0 fully saturated rings. The lowest BCUT2D eigenvalue weighted by Crippen LogP contribution is -2.16. The molecular formula is C16H11ClF3N5O. The number of halogens is 4. The molecule has 0 atom stereocenters. The molecular weight excluding hydrogens is 371 g/mol. The summed E-state index contributed by atoms with van der Waals surface area (Å²) in [6.45, 7) is 0. The molecule has 0 amide bonds. The molecule has 134 valence electrons. The molecule has 0 saturated heterocycles. The Bertz CT molecular complexity index is 891. The maximum atomic E-state index is 12.1. The van der Waals surface area contributed by atoms with Crippen molar-refractivity contribution < 1.29 is 17.9 Å². The van der Waals surface area contributed by atoms with E-state index >= 15 is 0 Å². The predicted molar refractivity (Wildman–Crippen MR) is 89.9 cm³/mol. The zero-order chi connectivity index (χ0) is 18.6. The van der Waals surface area contributed by atoms with Crippen molar-refractivity contribution in [1.82, 2.24) is 20.2 Å².